The summed E-state index contributed by atoms with van der Waals surface area (Å²) in [7, 11) is 1.94. The van der Waals surface area contributed by atoms with Gasteiger partial charge < -0.3 is 9.67 Å². The standard InChI is InChI=1S/C11H12N2O/c1-13-7-6-12-11(13)10-5-3-2-4-9(10)8-14/h2-7,14H,8H2,1H3. The maximum absolute atomic E-state index is 9.17. The van der Waals surface area contributed by atoms with Crippen molar-refractivity contribution in [2.24, 2.45) is 7.05 Å². The molecule has 0 unspecified atom stereocenters. The summed E-state index contributed by atoms with van der Waals surface area (Å²) in [4.78, 5) is 4.25. The highest BCUT2D eigenvalue weighted by Gasteiger charge is 2.06. The van der Waals surface area contributed by atoms with Crippen molar-refractivity contribution in [3.63, 3.8) is 0 Å². The average molecular weight is 188 g/mol. The first kappa shape index (κ1) is 8.97. The summed E-state index contributed by atoms with van der Waals surface area (Å²) in [6, 6.07) is 7.74. The Kier molecular flexibility index (Phi) is 2.33. The van der Waals surface area contributed by atoms with Gasteiger partial charge in [-0.2, -0.15) is 0 Å². The van der Waals surface area contributed by atoms with E-state index in [2.05, 4.69) is 4.98 Å². The van der Waals surface area contributed by atoms with Gasteiger partial charge in [0.25, 0.3) is 0 Å². The predicted octanol–water partition coefficient (Wildman–Crippen LogP) is 1.58. The van der Waals surface area contributed by atoms with E-state index in [4.69, 9.17) is 0 Å². The number of imidazole rings is 1. The van der Waals surface area contributed by atoms with Crippen LogP contribution in [0.4, 0.5) is 0 Å². The molecule has 0 aliphatic carbocycles. The molecule has 0 bridgehead atoms. The molecule has 1 aromatic heterocycles. The molecule has 3 heteroatoms. The fraction of sp³-hybridized carbons (Fsp3) is 0.182. The molecule has 0 aliphatic rings. The number of aryl methyl sites for hydroxylation is 1. The van der Waals surface area contributed by atoms with Crippen molar-refractivity contribution in [2.75, 3.05) is 0 Å². The molecule has 1 aromatic carbocycles. The van der Waals surface area contributed by atoms with Crippen LogP contribution in [0.15, 0.2) is 36.7 Å². The van der Waals surface area contributed by atoms with E-state index in [1.165, 1.54) is 0 Å². The van der Waals surface area contributed by atoms with Crippen LogP contribution >= 0.6 is 0 Å². The van der Waals surface area contributed by atoms with Crippen LogP contribution in [0.2, 0.25) is 0 Å². The molecule has 0 saturated heterocycles. The summed E-state index contributed by atoms with van der Waals surface area (Å²) in [6.07, 6.45) is 3.65. The first-order valence-electron chi connectivity index (χ1n) is 4.49. The quantitative estimate of drug-likeness (QED) is 0.777. The minimum Gasteiger partial charge on any atom is -0.392 e. The molecule has 0 radical (unpaired) electrons. The second-order valence-electron chi connectivity index (χ2n) is 3.18. The van der Waals surface area contributed by atoms with Gasteiger partial charge in [-0.3, -0.25) is 0 Å². The number of hydrogen-bond donors (Lipinski definition) is 1. The molecule has 0 saturated carbocycles. The Morgan fingerprint density at radius 2 is 2.14 bits per heavy atom. The monoisotopic (exact) mass is 188 g/mol. The molecule has 2 rings (SSSR count). The van der Waals surface area contributed by atoms with Gasteiger partial charge >= 0.3 is 0 Å². The van der Waals surface area contributed by atoms with E-state index in [1.54, 1.807) is 6.20 Å². The fourth-order valence-corrected chi connectivity index (χ4v) is 1.50. The zero-order chi connectivity index (χ0) is 9.97. The van der Waals surface area contributed by atoms with Gasteiger partial charge in [-0.15, -0.1) is 0 Å². The van der Waals surface area contributed by atoms with Crippen LogP contribution in [0.1, 0.15) is 5.56 Å². The number of aromatic nitrogens is 2. The number of nitrogens with zero attached hydrogens (tertiary/aromatic N) is 2. The minimum atomic E-state index is 0.0447. The van der Waals surface area contributed by atoms with E-state index in [-0.39, 0.29) is 6.61 Å². The molecule has 2 aromatic rings. The number of hydrogen-bond acceptors (Lipinski definition) is 2. The van der Waals surface area contributed by atoms with Crippen molar-refractivity contribution in [1.29, 1.82) is 0 Å². The molecule has 1 heterocycles. The van der Waals surface area contributed by atoms with E-state index in [1.807, 2.05) is 42.1 Å². The fourth-order valence-electron chi connectivity index (χ4n) is 1.50. The van der Waals surface area contributed by atoms with Crippen molar-refractivity contribution in [2.45, 2.75) is 6.61 Å². The lowest BCUT2D eigenvalue weighted by atomic mass is 10.1. The second-order valence-corrected chi connectivity index (χ2v) is 3.18. The Balaban J connectivity index is 2.56. The second kappa shape index (κ2) is 3.64. The van der Waals surface area contributed by atoms with Crippen LogP contribution < -0.4 is 0 Å². The van der Waals surface area contributed by atoms with E-state index >= 15 is 0 Å². The van der Waals surface area contributed by atoms with Crippen molar-refractivity contribution in [3.05, 3.63) is 42.2 Å². The van der Waals surface area contributed by atoms with Gasteiger partial charge in [0.2, 0.25) is 0 Å². The van der Waals surface area contributed by atoms with E-state index in [9.17, 15) is 5.11 Å². The van der Waals surface area contributed by atoms with Gasteiger partial charge in [-0.1, -0.05) is 24.3 Å². The molecular weight excluding hydrogens is 176 g/mol. The maximum atomic E-state index is 9.17. The number of aliphatic hydroxyl groups is 1. The first-order chi connectivity index (χ1) is 6.83. The lowest BCUT2D eigenvalue weighted by Gasteiger charge is -2.06. The van der Waals surface area contributed by atoms with Crippen LogP contribution in [0.3, 0.4) is 0 Å². The van der Waals surface area contributed by atoms with Crippen LogP contribution in [-0.2, 0) is 13.7 Å². The zero-order valence-corrected chi connectivity index (χ0v) is 8.01. The van der Waals surface area contributed by atoms with Crippen molar-refractivity contribution in [1.82, 2.24) is 9.55 Å². The highest BCUT2D eigenvalue weighted by atomic mass is 16.3. The summed E-state index contributed by atoms with van der Waals surface area (Å²) in [5, 5.41) is 9.17. The minimum absolute atomic E-state index is 0.0447. The van der Waals surface area contributed by atoms with Gasteiger partial charge in [0.15, 0.2) is 0 Å². The van der Waals surface area contributed by atoms with E-state index < -0.39 is 0 Å². The Morgan fingerprint density at radius 3 is 2.79 bits per heavy atom. The normalized spacial score (nSPS) is 10.4. The summed E-state index contributed by atoms with van der Waals surface area (Å²) in [5.74, 6) is 0.884. The highest BCUT2D eigenvalue weighted by molar-refractivity contribution is 5.60. The molecular formula is C11H12N2O. The van der Waals surface area contributed by atoms with E-state index in [0.717, 1.165) is 17.0 Å². The molecule has 0 atom stereocenters. The Labute approximate surface area is 82.7 Å². The first-order valence-corrected chi connectivity index (χ1v) is 4.49. The third-order valence-electron chi connectivity index (χ3n) is 2.25. The van der Waals surface area contributed by atoms with Crippen molar-refractivity contribution < 1.29 is 5.11 Å². The summed E-state index contributed by atoms with van der Waals surface area (Å²) < 4.78 is 1.94. The van der Waals surface area contributed by atoms with Crippen LogP contribution in [-0.4, -0.2) is 14.7 Å². The highest BCUT2D eigenvalue weighted by Crippen LogP contribution is 2.21. The maximum Gasteiger partial charge on any atom is 0.139 e. The lowest BCUT2D eigenvalue weighted by Crippen LogP contribution is -1.95. The van der Waals surface area contributed by atoms with Gasteiger partial charge in [0, 0.05) is 25.0 Å². The molecule has 0 aliphatic heterocycles. The topological polar surface area (TPSA) is 38.0 Å². The third-order valence-corrected chi connectivity index (χ3v) is 2.25. The third kappa shape index (κ3) is 1.42. The molecule has 0 amide bonds. The average Bonchev–Trinajstić information content (AvgIpc) is 2.64. The Bertz CT molecular complexity index is 434. The van der Waals surface area contributed by atoms with Crippen LogP contribution in [0.5, 0.6) is 0 Å². The number of rotatable bonds is 2. The molecule has 1 N–H and O–H groups in total. The molecule has 14 heavy (non-hydrogen) atoms. The summed E-state index contributed by atoms with van der Waals surface area (Å²) in [5.41, 5.74) is 1.89. The van der Waals surface area contributed by atoms with Crippen LogP contribution in [0.25, 0.3) is 11.4 Å². The molecule has 3 nitrogen and oxygen atoms in total. The molecule has 72 valence electrons. The zero-order valence-electron chi connectivity index (χ0n) is 8.01. The van der Waals surface area contributed by atoms with Gasteiger partial charge in [-0.05, 0) is 5.56 Å². The van der Waals surface area contributed by atoms with Gasteiger partial charge in [-0.25, -0.2) is 4.98 Å². The number of benzene rings is 1. The number of aliphatic hydroxyl groups excluding tert-OH is 1. The van der Waals surface area contributed by atoms with Crippen LogP contribution in [0, 0.1) is 0 Å². The summed E-state index contributed by atoms with van der Waals surface area (Å²) >= 11 is 0. The van der Waals surface area contributed by atoms with Gasteiger partial charge in [0.1, 0.15) is 5.82 Å². The predicted molar refractivity (Wildman–Crippen MR) is 54.6 cm³/mol. The van der Waals surface area contributed by atoms with Crippen molar-refractivity contribution in [3.8, 4) is 11.4 Å². The van der Waals surface area contributed by atoms with Crippen molar-refractivity contribution >= 4 is 0 Å². The Morgan fingerprint density at radius 1 is 1.36 bits per heavy atom. The smallest absolute Gasteiger partial charge is 0.139 e. The van der Waals surface area contributed by atoms with Gasteiger partial charge in [0.05, 0.1) is 6.61 Å². The molecule has 0 spiro atoms. The van der Waals surface area contributed by atoms with E-state index in [0.29, 0.717) is 0 Å². The largest absolute Gasteiger partial charge is 0.392 e. The molecule has 0 fully saturated rings. The Hall–Kier alpha value is -1.61. The SMILES string of the molecule is Cn1ccnc1-c1ccccc1CO. The lowest BCUT2D eigenvalue weighted by molar-refractivity contribution is 0.282. The summed E-state index contributed by atoms with van der Waals surface area (Å²) in [6.45, 7) is 0.0447.